The minimum Gasteiger partial charge on any atom is -0.380 e. The van der Waals surface area contributed by atoms with Gasteiger partial charge < -0.3 is 5.73 Å². The number of aromatic nitrogens is 2. The number of aryl methyl sites for hydroxylation is 1. The zero-order valence-corrected chi connectivity index (χ0v) is 12.3. The largest absolute Gasteiger partial charge is 0.380 e. The maximum Gasteiger partial charge on any atom is 0.171 e. The predicted octanol–water partition coefficient (Wildman–Crippen LogP) is 2.72. The van der Waals surface area contributed by atoms with Gasteiger partial charge >= 0.3 is 0 Å². The zero-order chi connectivity index (χ0) is 15.7. The van der Waals surface area contributed by atoms with E-state index < -0.39 is 0 Å². The van der Waals surface area contributed by atoms with E-state index in [9.17, 15) is 0 Å². The molecule has 0 bridgehead atoms. The SMILES string of the molecule is C/C(=N\N=C(/N)c1ccc(C)cn1)c1ccccn1.C=C. The van der Waals surface area contributed by atoms with Gasteiger partial charge in [-0.2, -0.15) is 5.10 Å². The van der Waals surface area contributed by atoms with Crippen LogP contribution in [0, 0.1) is 6.92 Å². The van der Waals surface area contributed by atoms with Crippen molar-refractivity contribution in [1.82, 2.24) is 9.97 Å². The van der Waals surface area contributed by atoms with Crippen molar-refractivity contribution in [1.29, 1.82) is 0 Å². The summed E-state index contributed by atoms with van der Waals surface area (Å²) < 4.78 is 0. The van der Waals surface area contributed by atoms with Gasteiger partial charge in [0.05, 0.1) is 11.4 Å². The molecule has 0 aliphatic heterocycles. The third-order valence-electron chi connectivity index (χ3n) is 2.52. The smallest absolute Gasteiger partial charge is 0.171 e. The molecule has 0 amide bonds. The van der Waals surface area contributed by atoms with Gasteiger partial charge in [-0.15, -0.1) is 18.3 Å². The van der Waals surface area contributed by atoms with Crippen molar-refractivity contribution in [3.63, 3.8) is 0 Å². The Bertz CT molecular complexity index is 615. The van der Waals surface area contributed by atoms with E-state index in [1.165, 1.54) is 0 Å². The van der Waals surface area contributed by atoms with Gasteiger partial charge in [-0.05, 0) is 37.6 Å². The van der Waals surface area contributed by atoms with Gasteiger partial charge in [0.25, 0.3) is 0 Å². The molecule has 2 aromatic rings. The Morgan fingerprint density at radius 3 is 2.38 bits per heavy atom. The highest BCUT2D eigenvalue weighted by Gasteiger charge is 2.00. The number of amidine groups is 1. The van der Waals surface area contributed by atoms with E-state index in [0.717, 1.165) is 11.3 Å². The second kappa shape index (κ2) is 8.37. The van der Waals surface area contributed by atoms with Gasteiger partial charge in [-0.3, -0.25) is 9.97 Å². The van der Waals surface area contributed by atoms with Crippen molar-refractivity contribution in [2.45, 2.75) is 13.8 Å². The predicted molar refractivity (Wildman–Crippen MR) is 87.4 cm³/mol. The van der Waals surface area contributed by atoms with Gasteiger partial charge in [-0.25, -0.2) is 0 Å². The van der Waals surface area contributed by atoms with Crippen LogP contribution in [-0.4, -0.2) is 21.5 Å². The van der Waals surface area contributed by atoms with Crippen LogP contribution in [-0.2, 0) is 0 Å². The van der Waals surface area contributed by atoms with Crippen LogP contribution < -0.4 is 5.73 Å². The fourth-order valence-corrected chi connectivity index (χ4v) is 1.43. The lowest BCUT2D eigenvalue weighted by atomic mass is 10.2. The minimum absolute atomic E-state index is 0.287. The highest BCUT2D eigenvalue weighted by atomic mass is 15.2. The Hall–Kier alpha value is -2.82. The third-order valence-corrected chi connectivity index (χ3v) is 2.52. The summed E-state index contributed by atoms with van der Waals surface area (Å²) in [6.07, 6.45) is 3.45. The number of rotatable bonds is 3. The molecule has 0 saturated carbocycles. The molecular weight excluding hydrogens is 262 g/mol. The highest BCUT2D eigenvalue weighted by Crippen LogP contribution is 2.00. The van der Waals surface area contributed by atoms with E-state index in [1.54, 1.807) is 12.4 Å². The lowest BCUT2D eigenvalue weighted by Gasteiger charge is -1.99. The first-order valence-electron chi connectivity index (χ1n) is 6.39. The first-order chi connectivity index (χ1) is 10.2. The molecule has 21 heavy (non-hydrogen) atoms. The van der Waals surface area contributed by atoms with Crippen molar-refractivity contribution in [3.8, 4) is 0 Å². The molecule has 0 atom stereocenters. The summed E-state index contributed by atoms with van der Waals surface area (Å²) >= 11 is 0. The quantitative estimate of drug-likeness (QED) is 0.407. The summed E-state index contributed by atoms with van der Waals surface area (Å²) in [5, 5.41) is 8.05. The molecule has 0 spiro atoms. The van der Waals surface area contributed by atoms with Gasteiger partial charge in [0.1, 0.15) is 5.69 Å². The molecule has 0 aromatic carbocycles. The van der Waals surface area contributed by atoms with Gasteiger partial charge in [0, 0.05) is 12.4 Å². The second-order valence-corrected chi connectivity index (χ2v) is 4.11. The number of nitrogens with zero attached hydrogens (tertiary/aromatic N) is 4. The molecule has 0 saturated heterocycles. The molecule has 2 heterocycles. The fraction of sp³-hybridized carbons (Fsp3) is 0.125. The molecule has 108 valence electrons. The Labute approximate surface area is 125 Å². The van der Waals surface area contributed by atoms with E-state index in [4.69, 9.17) is 5.73 Å². The summed E-state index contributed by atoms with van der Waals surface area (Å²) in [6.45, 7) is 9.80. The average Bonchev–Trinajstić information content (AvgIpc) is 2.55. The Morgan fingerprint density at radius 2 is 1.81 bits per heavy atom. The fourth-order valence-electron chi connectivity index (χ4n) is 1.43. The molecule has 5 heteroatoms. The molecule has 5 nitrogen and oxygen atoms in total. The monoisotopic (exact) mass is 281 g/mol. The maximum atomic E-state index is 5.83. The van der Waals surface area contributed by atoms with Crippen LogP contribution in [0.1, 0.15) is 23.9 Å². The number of hydrogen-bond donors (Lipinski definition) is 1. The minimum atomic E-state index is 0.287. The number of nitrogens with two attached hydrogens (primary N) is 1. The summed E-state index contributed by atoms with van der Waals surface area (Å²) in [5.41, 5.74) is 9.00. The van der Waals surface area contributed by atoms with Crippen LogP contribution in [0.4, 0.5) is 0 Å². The summed E-state index contributed by atoms with van der Waals surface area (Å²) in [4.78, 5) is 8.37. The highest BCUT2D eigenvalue weighted by molar-refractivity contribution is 5.99. The van der Waals surface area contributed by atoms with Crippen LogP contribution in [0.15, 0.2) is 66.1 Å². The molecule has 2 N–H and O–H groups in total. The number of hydrogen-bond acceptors (Lipinski definition) is 4. The van der Waals surface area contributed by atoms with Crippen LogP contribution in [0.2, 0.25) is 0 Å². The molecule has 2 aromatic heterocycles. The summed E-state index contributed by atoms with van der Waals surface area (Å²) in [6, 6.07) is 9.37. The second-order valence-electron chi connectivity index (χ2n) is 4.11. The molecule has 0 radical (unpaired) electrons. The van der Waals surface area contributed by atoms with Gasteiger partial charge in [0.2, 0.25) is 0 Å². The van der Waals surface area contributed by atoms with E-state index >= 15 is 0 Å². The van der Waals surface area contributed by atoms with Crippen LogP contribution in [0.5, 0.6) is 0 Å². The van der Waals surface area contributed by atoms with E-state index in [1.807, 2.05) is 44.2 Å². The van der Waals surface area contributed by atoms with E-state index in [0.29, 0.717) is 11.4 Å². The van der Waals surface area contributed by atoms with E-state index in [2.05, 4.69) is 33.3 Å². The topological polar surface area (TPSA) is 76.5 Å². The third kappa shape index (κ3) is 4.99. The first kappa shape index (κ1) is 16.2. The average molecular weight is 281 g/mol. The van der Waals surface area contributed by atoms with Crippen molar-refractivity contribution in [2.24, 2.45) is 15.9 Å². The number of pyridine rings is 2. The normalized spacial score (nSPS) is 11.5. The molecule has 0 unspecified atom stereocenters. The lowest BCUT2D eigenvalue weighted by Crippen LogP contribution is -2.14. The summed E-state index contributed by atoms with van der Waals surface area (Å²) in [7, 11) is 0. The maximum absolute atomic E-state index is 5.83. The van der Waals surface area contributed by atoms with Crippen molar-refractivity contribution in [2.75, 3.05) is 0 Å². The van der Waals surface area contributed by atoms with Crippen LogP contribution in [0.3, 0.4) is 0 Å². The van der Waals surface area contributed by atoms with Crippen LogP contribution >= 0.6 is 0 Å². The molecule has 0 fully saturated rings. The van der Waals surface area contributed by atoms with Crippen LogP contribution in [0.25, 0.3) is 0 Å². The molecule has 0 aliphatic carbocycles. The van der Waals surface area contributed by atoms with Gasteiger partial charge in [-0.1, -0.05) is 12.1 Å². The van der Waals surface area contributed by atoms with Crippen molar-refractivity contribution in [3.05, 3.63) is 72.8 Å². The molecule has 0 aliphatic rings. The lowest BCUT2D eigenvalue weighted by molar-refractivity contribution is 1.16. The van der Waals surface area contributed by atoms with Gasteiger partial charge in [0.15, 0.2) is 5.84 Å². The van der Waals surface area contributed by atoms with E-state index in [-0.39, 0.29) is 5.84 Å². The standard InChI is InChI=1S/C14H15N5.C2H4/c1-10-6-7-13(17-9-10)14(15)19-18-11(2)12-5-3-4-8-16-12;1-2/h3-9H,1-2H3,(H2,15,19);1-2H2/b18-11+;. The Morgan fingerprint density at radius 1 is 1.05 bits per heavy atom. The Balaban J connectivity index is 0.00000106. The summed E-state index contributed by atoms with van der Waals surface area (Å²) in [5.74, 6) is 0.287. The molecule has 2 rings (SSSR count). The first-order valence-corrected chi connectivity index (χ1v) is 6.39. The van der Waals surface area contributed by atoms with Crippen molar-refractivity contribution < 1.29 is 0 Å². The molecular formula is C16H19N5. The van der Waals surface area contributed by atoms with Crippen molar-refractivity contribution >= 4 is 11.5 Å². The zero-order valence-electron chi connectivity index (χ0n) is 12.3. The Kier molecular flexibility index (Phi) is 6.47.